The molecule has 4 rings (SSSR count). The standard InChI is InChI=1S/C17H15Cl3F3N5/c18-9-5-12(20)15(24-8-9)27-1-3-28(4-2-27)16-25-13-6-10(17(21,22)23)11(19)7-14(13)26-16/h5-8,16,25-26H,1-4H2. The average Bonchev–Trinajstić information content (AvgIpc) is 3.03. The van der Waals surface area contributed by atoms with Gasteiger partial charge >= 0.3 is 6.18 Å². The Morgan fingerprint density at radius 3 is 2.18 bits per heavy atom. The van der Waals surface area contributed by atoms with Gasteiger partial charge in [0.05, 0.1) is 32.0 Å². The van der Waals surface area contributed by atoms with Crippen LogP contribution in [-0.4, -0.2) is 42.4 Å². The van der Waals surface area contributed by atoms with Crippen LogP contribution in [0.25, 0.3) is 0 Å². The van der Waals surface area contributed by atoms with Crippen LogP contribution in [0.5, 0.6) is 0 Å². The highest BCUT2D eigenvalue weighted by Crippen LogP contribution is 2.42. The maximum Gasteiger partial charge on any atom is 0.417 e. The zero-order chi connectivity index (χ0) is 20.1. The number of alkyl halides is 3. The molecule has 1 aromatic heterocycles. The van der Waals surface area contributed by atoms with E-state index in [0.717, 1.165) is 6.07 Å². The first-order chi connectivity index (χ1) is 13.2. The molecule has 0 amide bonds. The molecule has 28 heavy (non-hydrogen) atoms. The summed E-state index contributed by atoms with van der Waals surface area (Å²) in [6.07, 6.45) is -3.26. The fourth-order valence-electron chi connectivity index (χ4n) is 3.37. The Morgan fingerprint density at radius 1 is 0.929 bits per heavy atom. The molecule has 1 atom stereocenters. The van der Waals surface area contributed by atoms with Gasteiger partial charge in [0.15, 0.2) is 6.29 Å². The molecule has 2 aliphatic heterocycles. The molecular formula is C17H15Cl3F3N5. The molecule has 2 N–H and O–H groups in total. The maximum absolute atomic E-state index is 13.1. The van der Waals surface area contributed by atoms with Gasteiger partial charge in [-0.2, -0.15) is 13.2 Å². The monoisotopic (exact) mass is 451 g/mol. The van der Waals surface area contributed by atoms with Gasteiger partial charge in [-0.1, -0.05) is 34.8 Å². The van der Waals surface area contributed by atoms with Crippen molar-refractivity contribution in [2.24, 2.45) is 0 Å². The normalized spacial score (nSPS) is 19.9. The number of nitrogens with one attached hydrogen (secondary N) is 2. The third kappa shape index (κ3) is 3.78. The lowest BCUT2D eigenvalue weighted by Gasteiger charge is -2.38. The van der Waals surface area contributed by atoms with Crippen molar-refractivity contribution in [3.63, 3.8) is 0 Å². The van der Waals surface area contributed by atoms with Crippen molar-refractivity contribution in [1.82, 2.24) is 9.88 Å². The molecule has 0 saturated carbocycles. The van der Waals surface area contributed by atoms with E-state index >= 15 is 0 Å². The number of halogens is 6. The number of piperazine rings is 1. The molecule has 1 aromatic carbocycles. The van der Waals surface area contributed by atoms with Crippen LogP contribution >= 0.6 is 34.8 Å². The summed E-state index contributed by atoms with van der Waals surface area (Å²) in [7, 11) is 0. The van der Waals surface area contributed by atoms with Gasteiger partial charge in [-0.05, 0) is 18.2 Å². The van der Waals surface area contributed by atoms with Crippen LogP contribution in [-0.2, 0) is 6.18 Å². The second-order valence-corrected chi connectivity index (χ2v) is 7.80. The van der Waals surface area contributed by atoms with E-state index in [1.807, 2.05) is 0 Å². The van der Waals surface area contributed by atoms with E-state index in [-0.39, 0.29) is 11.3 Å². The second kappa shape index (κ2) is 7.33. The van der Waals surface area contributed by atoms with Crippen LogP contribution in [0, 0.1) is 0 Å². The molecule has 150 valence electrons. The highest BCUT2D eigenvalue weighted by molar-refractivity contribution is 6.36. The Kier molecular flexibility index (Phi) is 5.16. The predicted molar refractivity (Wildman–Crippen MR) is 106 cm³/mol. The summed E-state index contributed by atoms with van der Waals surface area (Å²) in [5.74, 6) is 0.669. The van der Waals surface area contributed by atoms with Crippen molar-refractivity contribution in [3.8, 4) is 0 Å². The third-order valence-electron chi connectivity index (χ3n) is 4.76. The molecule has 1 saturated heterocycles. The lowest BCUT2D eigenvalue weighted by Crippen LogP contribution is -2.54. The van der Waals surface area contributed by atoms with Crippen molar-refractivity contribution >= 4 is 52.0 Å². The first-order valence-electron chi connectivity index (χ1n) is 8.46. The summed E-state index contributed by atoms with van der Waals surface area (Å²) >= 11 is 17.9. The van der Waals surface area contributed by atoms with Crippen LogP contribution in [0.3, 0.4) is 0 Å². The van der Waals surface area contributed by atoms with Gasteiger partial charge in [0.25, 0.3) is 0 Å². The Bertz CT molecular complexity index is 900. The van der Waals surface area contributed by atoms with Crippen molar-refractivity contribution in [2.75, 3.05) is 41.7 Å². The quantitative estimate of drug-likeness (QED) is 0.671. The van der Waals surface area contributed by atoms with Crippen LogP contribution in [0.2, 0.25) is 15.1 Å². The van der Waals surface area contributed by atoms with Crippen LogP contribution < -0.4 is 15.5 Å². The van der Waals surface area contributed by atoms with E-state index < -0.39 is 11.7 Å². The maximum atomic E-state index is 13.1. The minimum absolute atomic E-state index is 0.314. The number of anilines is 3. The molecule has 2 aromatic rings. The highest BCUT2D eigenvalue weighted by atomic mass is 35.5. The fourth-order valence-corrected chi connectivity index (χ4v) is 4.14. The fraction of sp³-hybridized carbons (Fsp3) is 0.353. The molecule has 0 radical (unpaired) electrons. The van der Waals surface area contributed by atoms with Crippen LogP contribution in [0.15, 0.2) is 24.4 Å². The van der Waals surface area contributed by atoms with E-state index in [9.17, 15) is 13.2 Å². The van der Waals surface area contributed by atoms with Gasteiger partial charge in [-0.3, -0.25) is 4.90 Å². The summed E-state index contributed by atoms with van der Waals surface area (Å²) in [5, 5.41) is 6.91. The summed E-state index contributed by atoms with van der Waals surface area (Å²) in [6, 6.07) is 4.00. The molecule has 2 aliphatic rings. The van der Waals surface area contributed by atoms with Crippen molar-refractivity contribution < 1.29 is 13.2 Å². The first-order valence-corrected chi connectivity index (χ1v) is 9.59. The van der Waals surface area contributed by atoms with Gasteiger partial charge in [0.1, 0.15) is 5.82 Å². The van der Waals surface area contributed by atoms with E-state index in [2.05, 4.69) is 25.4 Å². The molecule has 1 unspecified atom stereocenters. The van der Waals surface area contributed by atoms with Crippen molar-refractivity contribution in [2.45, 2.75) is 12.5 Å². The summed E-state index contributed by atoms with van der Waals surface area (Å²) in [5.41, 5.74) is 0.0792. The van der Waals surface area contributed by atoms with Crippen molar-refractivity contribution in [1.29, 1.82) is 0 Å². The van der Waals surface area contributed by atoms with Gasteiger partial charge in [-0.15, -0.1) is 0 Å². The number of benzene rings is 1. The van der Waals surface area contributed by atoms with E-state index in [1.54, 1.807) is 12.3 Å². The van der Waals surface area contributed by atoms with Gasteiger partial charge in [0, 0.05) is 32.4 Å². The molecule has 0 spiro atoms. The van der Waals surface area contributed by atoms with Crippen molar-refractivity contribution in [3.05, 3.63) is 45.0 Å². The third-order valence-corrected chi connectivity index (χ3v) is 5.56. The first kappa shape index (κ1) is 19.7. The number of aromatic nitrogens is 1. The highest BCUT2D eigenvalue weighted by Gasteiger charge is 2.36. The Labute approximate surface area is 174 Å². The zero-order valence-corrected chi connectivity index (χ0v) is 16.6. The van der Waals surface area contributed by atoms with E-state index in [1.165, 1.54) is 6.07 Å². The lowest BCUT2D eigenvalue weighted by molar-refractivity contribution is -0.137. The smallest absolute Gasteiger partial charge is 0.353 e. The molecule has 11 heteroatoms. The lowest BCUT2D eigenvalue weighted by atomic mass is 10.1. The molecule has 0 bridgehead atoms. The number of hydrogen-bond acceptors (Lipinski definition) is 5. The van der Waals surface area contributed by atoms with Crippen LogP contribution in [0.1, 0.15) is 5.56 Å². The minimum Gasteiger partial charge on any atom is -0.353 e. The molecule has 3 heterocycles. The van der Waals surface area contributed by atoms with E-state index in [0.29, 0.717) is 53.4 Å². The number of pyridine rings is 1. The number of fused-ring (bicyclic) bond motifs is 1. The minimum atomic E-state index is -4.50. The topological polar surface area (TPSA) is 43.4 Å². The number of hydrogen-bond donors (Lipinski definition) is 2. The Hall–Kier alpha value is -1.61. The largest absolute Gasteiger partial charge is 0.417 e. The predicted octanol–water partition coefficient (Wildman–Crippen LogP) is 5.00. The average molecular weight is 453 g/mol. The molecule has 1 fully saturated rings. The van der Waals surface area contributed by atoms with Crippen LogP contribution in [0.4, 0.5) is 30.4 Å². The summed E-state index contributed by atoms with van der Waals surface area (Å²) < 4.78 is 39.2. The van der Waals surface area contributed by atoms with Gasteiger partial charge in [-0.25, -0.2) is 4.98 Å². The number of rotatable bonds is 2. The second-order valence-electron chi connectivity index (χ2n) is 6.55. The molecule has 5 nitrogen and oxygen atoms in total. The SMILES string of the molecule is FC(F)(F)c1cc2c(cc1Cl)NC(N1CCN(c3ncc(Cl)cc3Cl)CC1)N2. The zero-order valence-electron chi connectivity index (χ0n) is 14.3. The number of nitrogens with zero attached hydrogens (tertiary/aromatic N) is 3. The van der Waals surface area contributed by atoms with Gasteiger partial charge in [0.2, 0.25) is 0 Å². The Morgan fingerprint density at radius 2 is 1.57 bits per heavy atom. The van der Waals surface area contributed by atoms with Gasteiger partial charge < -0.3 is 15.5 Å². The Balaban J connectivity index is 1.43. The molecular weight excluding hydrogens is 438 g/mol. The summed E-state index contributed by atoms with van der Waals surface area (Å²) in [6.45, 7) is 2.66. The molecule has 0 aliphatic carbocycles. The summed E-state index contributed by atoms with van der Waals surface area (Å²) in [4.78, 5) is 8.44. The van der Waals surface area contributed by atoms with E-state index in [4.69, 9.17) is 34.8 Å².